The van der Waals surface area contributed by atoms with E-state index in [4.69, 9.17) is 0 Å². The number of aromatic nitrogens is 1. The Kier molecular flexibility index (Phi) is 7.62. The number of hydrogen-bond donors (Lipinski definition) is 1. The minimum Gasteiger partial charge on any atom is -0.372 e. The van der Waals surface area contributed by atoms with Crippen molar-refractivity contribution in [3.63, 3.8) is 0 Å². The van der Waals surface area contributed by atoms with Crippen molar-refractivity contribution in [1.29, 1.82) is 10.5 Å². The van der Waals surface area contributed by atoms with Gasteiger partial charge < -0.3 is 14.8 Å². The predicted molar refractivity (Wildman–Crippen MR) is 147 cm³/mol. The van der Waals surface area contributed by atoms with Gasteiger partial charge in [0.15, 0.2) is 0 Å². The molecule has 1 N–H and O–H groups in total. The van der Waals surface area contributed by atoms with Gasteiger partial charge in [-0.05, 0) is 101 Å². The molecule has 36 heavy (non-hydrogen) atoms. The number of anilines is 2. The summed E-state index contributed by atoms with van der Waals surface area (Å²) in [5.74, 6) is -0.485. The van der Waals surface area contributed by atoms with Gasteiger partial charge in [0.1, 0.15) is 22.7 Å². The van der Waals surface area contributed by atoms with E-state index in [2.05, 4.69) is 65.0 Å². The monoisotopic (exact) mass is 497 g/mol. The van der Waals surface area contributed by atoms with E-state index < -0.39 is 5.91 Å². The first-order valence-corrected chi connectivity index (χ1v) is 13.3. The smallest absolute Gasteiger partial charge is 0.266 e. The summed E-state index contributed by atoms with van der Waals surface area (Å²) in [7, 11) is 0. The Labute approximate surface area is 217 Å². The Hall–Kier alpha value is -3.81. The van der Waals surface area contributed by atoms with Crippen LogP contribution in [0, 0.1) is 36.5 Å². The normalized spacial score (nSPS) is 13.0. The molecule has 1 aliphatic rings. The van der Waals surface area contributed by atoms with Gasteiger partial charge in [-0.15, -0.1) is 11.3 Å². The highest BCUT2D eigenvalue weighted by molar-refractivity contribution is 7.16. The maximum absolute atomic E-state index is 13.0. The zero-order chi connectivity index (χ0) is 25.8. The number of carbonyl (C=O) groups is 1. The van der Waals surface area contributed by atoms with Gasteiger partial charge in [-0.3, -0.25) is 4.79 Å². The first-order valence-electron chi connectivity index (χ1n) is 12.4. The fourth-order valence-electron chi connectivity index (χ4n) is 4.98. The second kappa shape index (κ2) is 10.8. The lowest BCUT2D eigenvalue weighted by Gasteiger charge is -2.21. The number of hydrogen-bond acceptors (Lipinski definition) is 5. The van der Waals surface area contributed by atoms with Crippen LogP contribution < -0.4 is 10.2 Å². The van der Waals surface area contributed by atoms with Crippen LogP contribution in [0.5, 0.6) is 0 Å². The minimum atomic E-state index is -0.485. The van der Waals surface area contributed by atoms with E-state index in [0.29, 0.717) is 10.6 Å². The average molecular weight is 498 g/mol. The third kappa shape index (κ3) is 4.80. The highest BCUT2D eigenvalue weighted by Crippen LogP contribution is 2.38. The fraction of sp³-hybridized carbons (Fsp3) is 0.345. The van der Waals surface area contributed by atoms with Crippen LogP contribution in [0.2, 0.25) is 0 Å². The number of amides is 1. The van der Waals surface area contributed by atoms with Crippen LogP contribution in [-0.4, -0.2) is 23.6 Å². The molecule has 0 atom stereocenters. The molecule has 3 aromatic rings. The minimum absolute atomic E-state index is 0.0161. The largest absolute Gasteiger partial charge is 0.372 e. The molecule has 184 valence electrons. The first kappa shape index (κ1) is 25.3. The fourth-order valence-corrected chi connectivity index (χ4v) is 6.21. The van der Waals surface area contributed by atoms with E-state index in [0.717, 1.165) is 67.0 Å². The molecule has 0 bridgehead atoms. The molecule has 2 aromatic heterocycles. The number of fused-ring (bicyclic) bond motifs is 1. The highest BCUT2D eigenvalue weighted by Gasteiger charge is 2.23. The van der Waals surface area contributed by atoms with Gasteiger partial charge in [0.25, 0.3) is 5.91 Å². The van der Waals surface area contributed by atoms with E-state index in [1.165, 1.54) is 21.9 Å². The molecular weight excluding hydrogens is 466 g/mol. The van der Waals surface area contributed by atoms with E-state index >= 15 is 0 Å². The van der Waals surface area contributed by atoms with Crippen molar-refractivity contribution in [1.82, 2.24) is 4.57 Å². The lowest BCUT2D eigenvalue weighted by atomic mass is 9.96. The van der Waals surface area contributed by atoms with E-state index in [-0.39, 0.29) is 5.57 Å². The summed E-state index contributed by atoms with van der Waals surface area (Å²) in [5.41, 5.74) is 6.62. The van der Waals surface area contributed by atoms with Crippen LogP contribution in [0.3, 0.4) is 0 Å². The summed E-state index contributed by atoms with van der Waals surface area (Å²) in [5, 5.41) is 22.9. The lowest BCUT2D eigenvalue weighted by Crippen LogP contribution is -2.21. The van der Waals surface area contributed by atoms with Gasteiger partial charge >= 0.3 is 0 Å². The molecule has 0 fully saturated rings. The molecule has 7 heteroatoms. The molecular formula is C29H31N5OS. The number of nitriles is 2. The predicted octanol–water partition coefficient (Wildman–Crippen LogP) is 6.30. The van der Waals surface area contributed by atoms with Crippen LogP contribution in [-0.2, 0) is 17.6 Å². The van der Waals surface area contributed by atoms with Crippen molar-refractivity contribution in [2.75, 3.05) is 23.3 Å². The van der Waals surface area contributed by atoms with E-state index in [9.17, 15) is 15.3 Å². The Morgan fingerprint density at radius 3 is 2.47 bits per heavy atom. The van der Waals surface area contributed by atoms with Crippen molar-refractivity contribution in [2.24, 2.45) is 0 Å². The topological polar surface area (TPSA) is 84.8 Å². The average Bonchev–Trinajstić information content (AvgIpc) is 3.38. The molecule has 4 rings (SSSR count). The number of thiophene rings is 1. The number of nitrogens with one attached hydrogen (secondary N) is 1. The molecule has 0 spiro atoms. The summed E-state index contributed by atoms with van der Waals surface area (Å²) >= 11 is 1.46. The molecule has 0 saturated carbocycles. The molecule has 1 amide bonds. The van der Waals surface area contributed by atoms with Crippen LogP contribution in [0.1, 0.15) is 59.6 Å². The van der Waals surface area contributed by atoms with Gasteiger partial charge in [-0.2, -0.15) is 10.5 Å². The van der Waals surface area contributed by atoms with E-state index in [1.807, 2.05) is 19.9 Å². The van der Waals surface area contributed by atoms with Crippen molar-refractivity contribution in [3.05, 3.63) is 68.9 Å². The second-order valence-corrected chi connectivity index (χ2v) is 10.1. The molecule has 6 nitrogen and oxygen atoms in total. The molecule has 1 aromatic carbocycles. The van der Waals surface area contributed by atoms with Crippen molar-refractivity contribution in [3.8, 4) is 17.8 Å². The second-order valence-electron chi connectivity index (χ2n) is 9.00. The third-order valence-corrected chi connectivity index (χ3v) is 8.09. The van der Waals surface area contributed by atoms with Crippen molar-refractivity contribution < 1.29 is 4.79 Å². The first-order chi connectivity index (χ1) is 17.4. The molecule has 0 unspecified atom stereocenters. The molecule has 2 heterocycles. The zero-order valence-electron chi connectivity index (χ0n) is 21.3. The Bertz CT molecular complexity index is 1390. The Balaban J connectivity index is 1.61. The third-order valence-electron chi connectivity index (χ3n) is 6.88. The van der Waals surface area contributed by atoms with Crippen LogP contribution >= 0.6 is 11.3 Å². The molecule has 0 radical (unpaired) electrons. The quantitative estimate of drug-likeness (QED) is 0.307. The van der Waals surface area contributed by atoms with Crippen molar-refractivity contribution in [2.45, 2.75) is 53.4 Å². The van der Waals surface area contributed by atoms with Crippen molar-refractivity contribution >= 4 is 34.0 Å². The Morgan fingerprint density at radius 2 is 1.83 bits per heavy atom. The Morgan fingerprint density at radius 1 is 1.14 bits per heavy atom. The number of benzene rings is 1. The van der Waals surface area contributed by atoms with Crippen LogP contribution in [0.15, 0.2) is 35.9 Å². The highest BCUT2D eigenvalue weighted by atomic mass is 32.1. The van der Waals surface area contributed by atoms with Gasteiger partial charge in [0.2, 0.25) is 0 Å². The summed E-state index contributed by atoms with van der Waals surface area (Å²) in [6, 6.07) is 14.7. The maximum Gasteiger partial charge on any atom is 0.266 e. The zero-order valence-corrected chi connectivity index (χ0v) is 22.1. The van der Waals surface area contributed by atoms with Gasteiger partial charge in [0.05, 0.1) is 5.56 Å². The number of carbonyl (C=O) groups excluding carboxylic acids is 1. The summed E-state index contributed by atoms with van der Waals surface area (Å²) < 4.78 is 2.13. The summed E-state index contributed by atoms with van der Waals surface area (Å²) in [6.07, 6.45) is 5.60. The van der Waals surface area contributed by atoms with Crippen LogP contribution in [0.25, 0.3) is 11.8 Å². The molecule has 1 aliphatic carbocycles. The molecule has 0 saturated heterocycles. The maximum atomic E-state index is 13.0. The number of rotatable bonds is 7. The lowest BCUT2D eigenvalue weighted by molar-refractivity contribution is -0.112. The molecule has 0 aliphatic heterocycles. The van der Waals surface area contributed by atoms with Crippen LogP contribution in [0.4, 0.5) is 10.7 Å². The summed E-state index contributed by atoms with van der Waals surface area (Å²) in [4.78, 5) is 16.5. The van der Waals surface area contributed by atoms with E-state index in [1.54, 1.807) is 6.08 Å². The van der Waals surface area contributed by atoms with Gasteiger partial charge in [0, 0.05) is 40.7 Å². The van der Waals surface area contributed by atoms with Gasteiger partial charge in [-0.25, -0.2) is 0 Å². The van der Waals surface area contributed by atoms with Gasteiger partial charge in [-0.1, -0.05) is 0 Å². The summed E-state index contributed by atoms with van der Waals surface area (Å²) in [6.45, 7) is 10.2. The SMILES string of the molecule is CCN(CC)c1ccc(-n2c(C)cc(C=C(C#N)C(=O)Nc3sc4c(c3C#N)CCCC4)c2C)cc1. The number of nitrogens with zero attached hydrogens (tertiary/aromatic N) is 4. The standard InChI is InChI=1S/C29H31N5OS/c1-5-33(6-2)23-11-13-24(14-12-23)34-19(3)15-21(20(34)4)16-22(17-30)28(35)32-29-26(18-31)25-9-7-8-10-27(25)36-29/h11-16H,5-10H2,1-4H3,(H,32,35). The number of aryl methyl sites for hydroxylation is 2.